The van der Waals surface area contributed by atoms with Crippen molar-refractivity contribution >= 4 is 29.0 Å². The minimum absolute atomic E-state index is 0.0457. The molecule has 1 N–H and O–H groups in total. The number of halogens is 4. The Morgan fingerprint density at radius 3 is 2.53 bits per heavy atom. The van der Waals surface area contributed by atoms with Crippen molar-refractivity contribution in [3.63, 3.8) is 0 Å². The van der Waals surface area contributed by atoms with E-state index in [1.54, 1.807) is 0 Å². The highest BCUT2D eigenvalue weighted by Crippen LogP contribution is 2.34. The molecule has 2 aromatic carbocycles. The first-order valence-electron chi connectivity index (χ1n) is 10.1. The summed E-state index contributed by atoms with van der Waals surface area (Å²) in [7, 11) is 0. The zero-order valence-electron chi connectivity index (χ0n) is 16.9. The lowest BCUT2D eigenvalue weighted by molar-refractivity contribution is -0.137. The summed E-state index contributed by atoms with van der Waals surface area (Å²) in [6, 6.07) is 16.3. The quantitative estimate of drug-likeness (QED) is 0.545. The predicted octanol–water partition coefficient (Wildman–Crippen LogP) is 5.67. The second kappa shape index (κ2) is 9.16. The van der Waals surface area contributed by atoms with Gasteiger partial charge in [-0.25, -0.2) is 0 Å². The van der Waals surface area contributed by atoms with Gasteiger partial charge in [-0.05, 0) is 43.2 Å². The molecule has 0 bridgehead atoms. The molecule has 32 heavy (non-hydrogen) atoms. The van der Waals surface area contributed by atoms with Gasteiger partial charge < -0.3 is 10.2 Å². The lowest BCUT2D eigenvalue weighted by Crippen LogP contribution is -2.41. The minimum atomic E-state index is -4.52. The van der Waals surface area contributed by atoms with Gasteiger partial charge in [-0.2, -0.15) is 13.2 Å². The first kappa shape index (κ1) is 22.1. The summed E-state index contributed by atoms with van der Waals surface area (Å²) >= 11 is 6.01. The van der Waals surface area contributed by atoms with Crippen LogP contribution < -0.4 is 10.2 Å². The van der Waals surface area contributed by atoms with Gasteiger partial charge in [0, 0.05) is 18.7 Å². The Balaban J connectivity index is 1.44. The topological polar surface area (TPSA) is 58.1 Å². The summed E-state index contributed by atoms with van der Waals surface area (Å²) in [4.78, 5) is 14.7. The van der Waals surface area contributed by atoms with E-state index >= 15 is 0 Å². The molecule has 1 amide bonds. The molecule has 1 atom stereocenters. The van der Waals surface area contributed by atoms with Gasteiger partial charge in [0.1, 0.15) is 0 Å². The van der Waals surface area contributed by atoms with Gasteiger partial charge in [0.15, 0.2) is 5.82 Å². The van der Waals surface area contributed by atoms with Crippen molar-refractivity contribution in [3.05, 3.63) is 71.2 Å². The number of benzene rings is 2. The molecule has 9 heteroatoms. The van der Waals surface area contributed by atoms with Crippen LogP contribution in [0.25, 0.3) is 11.3 Å². The van der Waals surface area contributed by atoms with Crippen LogP contribution in [0.1, 0.15) is 18.4 Å². The molecule has 4 rings (SSSR count). The van der Waals surface area contributed by atoms with Gasteiger partial charge in [-0.3, -0.25) is 4.79 Å². The number of nitrogens with one attached hydrogen (secondary N) is 1. The number of nitrogens with zero attached hydrogens (tertiary/aromatic N) is 3. The first-order valence-corrected chi connectivity index (χ1v) is 10.5. The molecule has 1 fully saturated rings. The highest BCUT2D eigenvalue weighted by Gasteiger charge is 2.32. The summed E-state index contributed by atoms with van der Waals surface area (Å²) in [5, 5.41) is 11.2. The van der Waals surface area contributed by atoms with Crippen LogP contribution >= 0.6 is 11.6 Å². The van der Waals surface area contributed by atoms with E-state index in [4.69, 9.17) is 11.6 Å². The van der Waals surface area contributed by atoms with Crippen molar-refractivity contribution in [3.8, 4) is 11.3 Å². The average Bonchev–Trinajstić information content (AvgIpc) is 2.80. The van der Waals surface area contributed by atoms with E-state index in [0.717, 1.165) is 35.9 Å². The molecule has 0 saturated carbocycles. The highest BCUT2D eigenvalue weighted by atomic mass is 35.5. The van der Waals surface area contributed by atoms with Crippen molar-refractivity contribution < 1.29 is 18.0 Å². The van der Waals surface area contributed by atoms with E-state index in [-0.39, 0.29) is 16.6 Å². The molecule has 3 aromatic rings. The van der Waals surface area contributed by atoms with E-state index in [1.807, 2.05) is 47.4 Å². The average molecular weight is 461 g/mol. The minimum Gasteiger partial charge on any atom is -0.354 e. The van der Waals surface area contributed by atoms with Gasteiger partial charge in [0.25, 0.3) is 0 Å². The standard InChI is InChI=1S/C23H20ClF3N4O/c24-18-9-8-17(23(25,26)27)13-20(18)28-22(32)16-7-4-12-31(14-16)21-11-10-19(29-30-21)15-5-2-1-3-6-15/h1-3,5-6,8-11,13,16H,4,7,12,14H2,(H,28,32). The number of carbonyl (C=O) groups is 1. The SMILES string of the molecule is O=C(Nc1cc(C(F)(F)F)ccc1Cl)C1CCCN(c2ccc(-c3ccccc3)nn2)C1. The molecule has 0 aliphatic carbocycles. The Bertz CT molecular complexity index is 1090. The zero-order chi connectivity index (χ0) is 22.7. The Labute approximate surface area is 188 Å². The predicted molar refractivity (Wildman–Crippen MR) is 117 cm³/mol. The number of carbonyl (C=O) groups excluding carboxylic acids is 1. The molecule has 1 saturated heterocycles. The fraction of sp³-hybridized carbons (Fsp3) is 0.261. The van der Waals surface area contributed by atoms with Gasteiger partial charge in [-0.1, -0.05) is 41.9 Å². The highest BCUT2D eigenvalue weighted by molar-refractivity contribution is 6.33. The monoisotopic (exact) mass is 460 g/mol. The van der Waals surface area contributed by atoms with Crippen LogP contribution in [0.2, 0.25) is 5.02 Å². The van der Waals surface area contributed by atoms with Crippen LogP contribution in [0.3, 0.4) is 0 Å². The van der Waals surface area contributed by atoms with Crippen LogP contribution in [0.4, 0.5) is 24.7 Å². The number of aromatic nitrogens is 2. The Morgan fingerprint density at radius 2 is 1.84 bits per heavy atom. The molecule has 1 unspecified atom stereocenters. The van der Waals surface area contributed by atoms with E-state index in [0.29, 0.717) is 25.3 Å². The van der Waals surface area contributed by atoms with E-state index in [9.17, 15) is 18.0 Å². The molecule has 0 spiro atoms. The molecule has 166 valence electrons. The number of alkyl halides is 3. The molecule has 1 aliphatic rings. The maximum atomic E-state index is 13.0. The van der Waals surface area contributed by atoms with Crippen molar-refractivity contribution in [2.24, 2.45) is 5.92 Å². The number of piperidine rings is 1. The largest absolute Gasteiger partial charge is 0.416 e. The second-order valence-corrected chi connectivity index (χ2v) is 8.02. The number of hydrogen-bond acceptors (Lipinski definition) is 4. The number of anilines is 2. The maximum absolute atomic E-state index is 13.0. The summed E-state index contributed by atoms with van der Waals surface area (Å²) in [5.41, 5.74) is 0.798. The summed E-state index contributed by atoms with van der Waals surface area (Å²) in [6.07, 6.45) is -3.15. The maximum Gasteiger partial charge on any atom is 0.416 e. The summed E-state index contributed by atoms with van der Waals surface area (Å²) < 4.78 is 39.0. The number of amides is 1. The van der Waals surface area contributed by atoms with Crippen LogP contribution in [0, 0.1) is 5.92 Å². The normalized spacial score (nSPS) is 16.6. The lowest BCUT2D eigenvalue weighted by Gasteiger charge is -2.32. The Hall–Kier alpha value is -3.13. The number of hydrogen-bond donors (Lipinski definition) is 1. The van der Waals surface area contributed by atoms with Gasteiger partial charge in [0.2, 0.25) is 5.91 Å². The van der Waals surface area contributed by atoms with Crippen LogP contribution in [0.5, 0.6) is 0 Å². The second-order valence-electron chi connectivity index (χ2n) is 7.61. The fourth-order valence-electron chi connectivity index (χ4n) is 3.69. The molecule has 5 nitrogen and oxygen atoms in total. The van der Waals surface area contributed by atoms with Gasteiger partial charge in [-0.15, -0.1) is 10.2 Å². The van der Waals surface area contributed by atoms with Crippen LogP contribution in [-0.2, 0) is 11.0 Å². The van der Waals surface area contributed by atoms with E-state index in [1.165, 1.54) is 0 Å². The molecular weight excluding hydrogens is 441 g/mol. The van der Waals surface area contributed by atoms with E-state index in [2.05, 4.69) is 15.5 Å². The van der Waals surface area contributed by atoms with Crippen molar-refractivity contribution in [1.29, 1.82) is 0 Å². The van der Waals surface area contributed by atoms with E-state index < -0.39 is 17.7 Å². The van der Waals surface area contributed by atoms with Gasteiger partial charge in [0.05, 0.1) is 27.9 Å². The fourth-order valence-corrected chi connectivity index (χ4v) is 3.85. The zero-order valence-corrected chi connectivity index (χ0v) is 17.7. The first-order chi connectivity index (χ1) is 15.3. The third kappa shape index (κ3) is 5.02. The molecule has 0 radical (unpaired) electrons. The third-order valence-electron chi connectivity index (χ3n) is 5.39. The van der Waals surface area contributed by atoms with Crippen molar-refractivity contribution in [1.82, 2.24) is 10.2 Å². The van der Waals surface area contributed by atoms with Crippen molar-refractivity contribution in [2.45, 2.75) is 19.0 Å². The van der Waals surface area contributed by atoms with Gasteiger partial charge >= 0.3 is 6.18 Å². The van der Waals surface area contributed by atoms with Crippen LogP contribution in [0.15, 0.2) is 60.7 Å². The third-order valence-corrected chi connectivity index (χ3v) is 5.72. The molecular formula is C23H20ClF3N4O. The van der Waals surface area contributed by atoms with Crippen molar-refractivity contribution in [2.75, 3.05) is 23.3 Å². The summed E-state index contributed by atoms with van der Waals surface area (Å²) in [6.45, 7) is 1.11. The summed E-state index contributed by atoms with van der Waals surface area (Å²) in [5.74, 6) is -0.131. The smallest absolute Gasteiger partial charge is 0.354 e. The Kier molecular flexibility index (Phi) is 6.32. The number of rotatable bonds is 4. The molecule has 2 heterocycles. The van der Waals surface area contributed by atoms with Crippen LogP contribution in [-0.4, -0.2) is 29.2 Å². The molecule has 1 aromatic heterocycles. The molecule has 1 aliphatic heterocycles. The Morgan fingerprint density at radius 1 is 1.06 bits per heavy atom. The lowest BCUT2D eigenvalue weighted by atomic mass is 9.97.